The zero-order chi connectivity index (χ0) is 23.6. The molecule has 0 bridgehead atoms. The third-order valence-corrected chi connectivity index (χ3v) is 4.14. The molecule has 33 heavy (non-hydrogen) atoms. The van der Waals surface area contributed by atoms with Gasteiger partial charge in [-0.2, -0.15) is 5.10 Å². The summed E-state index contributed by atoms with van der Waals surface area (Å²) in [4.78, 5) is 34.0. The van der Waals surface area contributed by atoms with Gasteiger partial charge >= 0.3 is 11.7 Å². The van der Waals surface area contributed by atoms with E-state index in [1.807, 2.05) is 0 Å². The van der Waals surface area contributed by atoms with Gasteiger partial charge in [-0.25, -0.2) is 10.2 Å². The third-order valence-electron chi connectivity index (χ3n) is 3.90. The van der Waals surface area contributed by atoms with Gasteiger partial charge in [0.1, 0.15) is 11.5 Å². The molecule has 0 atom stereocenters. The second-order valence-corrected chi connectivity index (χ2v) is 6.73. The molecule has 0 aliphatic carbocycles. The summed E-state index contributed by atoms with van der Waals surface area (Å²) in [6.45, 7) is -0.486. The Balaban J connectivity index is 1.46. The quantitative estimate of drug-likeness (QED) is 0.125. The van der Waals surface area contributed by atoms with Crippen LogP contribution in [-0.2, 0) is 9.59 Å². The van der Waals surface area contributed by atoms with Gasteiger partial charge < -0.3 is 13.9 Å². The maximum Gasteiger partial charge on any atom is 0.336 e. The number of rotatable bonds is 9. The van der Waals surface area contributed by atoms with Crippen LogP contribution in [0.1, 0.15) is 11.3 Å². The SMILES string of the molecule is O=C(COc1ccc(Cl)cc1[N+](=O)[O-])NN=Cc1ccc(OC(=O)C=Cc2ccco2)cc1. The van der Waals surface area contributed by atoms with Crippen molar-refractivity contribution in [1.29, 1.82) is 0 Å². The van der Waals surface area contributed by atoms with Crippen molar-refractivity contribution in [3.63, 3.8) is 0 Å². The molecule has 3 aromatic rings. The Kier molecular flexibility index (Phi) is 7.92. The van der Waals surface area contributed by atoms with E-state index in [9.17, 15) is 19.7 Å². The van der Waals surface area contributed by atoms with Crippen LogP contribution in [0.4, 0.5) is 5.69 Å². The van der Waals surface area contributed by atoms with E-state index in [0.29, 0.717) is 17.1 Å². The van der Waals surface area contributed by atoms with E-state index < -0.39 is 23.4 Å². The van der Waals surface area contributed by atoms with Crippen LogP contribution in [0.15, 0.2) is 76.5 Å². The molecule has 11 heteroatoms. The predicted molar refractivity (Wildman–Crippen MR) is 119 cm³/mol. The van der Waals surface area contributed by atoms with Crippen molar-refractivity contribution >= 4 is 41.5 Å². The number of esters is 1. The van der Waals surface area contributed by atoms with Crippen LogP contribution >= 0.6 is 11.6 Å². The van der Waals surface area contributed by atoms with Crippen LogP contribution in [-0.4, -0.2) is 29.6 Å². The minimum atomic E-state index is -0.659. The Bertz CT molecular complexity index is 1190. The highest BCUT2D eigenvalue weighted by molar-refractivity contribution is 6.30. The molecule has 168 valence electrons. The molecular formula is C22H16ClN3O7. The number of benzene rings is 2. The van der Waals surface area contributed by atoms with E-state index in [2.05, 4.69) is 10.5 Å². The number of nitro groups is 1. The molecule has 0 fully saturated rings. The Morgan fingerprint density at radius 2 is 1.97 bits per heavy atom. The number of carbonyl (C=O) groups is 2. The summed E-state index contributed by atoms with van der Waals surface area (Å²) in [5.41, 5.74) is 2.51. The van der Waals surface area contributed by atoms with Crippen LogP contribution in [0.5, 0.6) is 11.5 Å². The number of halogens is 1. The summed E-state index contributed by atoms with van der Waals surface area (Å²) >= 11 is 5.73. The van der Waals surface area contributed by atoms with Gasteiger partial charge in [-0.3, -0.25) is 14.9 Å². The lowest BCUT2D eigenvalue weighted by atomic mass is 10.2. The molecule has 1 aromatic heterocycles. The van der Waals surface area contributed by atoms with Crippen molar-refractivity contribution in [3.05, 3.63) is 93.4 Å². The van der Waals surface area contributed by atoms with Crippen molar-refractivity contribution in [2.45, 2.75) is 0 Å². The van der Waals surface area contributed by atoms with Crippen LogP contribution in [0.2, 0.25) is 5.02 Å². The highest BCUT2D eigenvalue weighted by Gasteiger charge is 2.16. The average molecular weight is 470 g/mol. The first kappa shape index (κ1) is 23.2. The van der Waals surface area contributed by atoms with Crippen molar-refractivity contribution in [2.24, 2.45) is 5.10 Å². The van der Waals surface area contributed by atoms with E-state index >= 15 is 0 Å². The Hall–Kier alpha value is -4.44. The second kappa shape index (κ2) is 11.3. The normalized spacial score (nSPS) is 10.9. The number of nitrogens with one attached hydrogen (secondary N) is 1. The molecule has 0 spiro atoms. The largest absolute Gasteiger partial charge is 0.477 e. The van der Waals surface area contributed by atoms with E-state index in [-0.39, 0.29) is 16.5 Å². The fourth-order valence-electron chi connectivity index (χ4n) is 2.42. The fraction of sp³-hybridized carbons (Fsp3) is 0.0455. The van der Waals surface area contributed by atoms with Crippen LogP contribution in [0.25, 0.3) is 6.08 Å². The minimum Gasteiger partial charge on any atom is -0.477 e. The van der Waals surface area contributed by atoms with Crippen molar-refractivity contribution < 1.29 is 28.4 Å². The summed E-state index contributed by atoms with van der Waals surface area (Å²) in [5.74, 6) is -0.432. The highest BCUT2D eigenvalue weighted by Crippen LogP contribution is 2.29. The van der Waals surface area contributed by atoms with Gasteiger partial charge in [0.2, 0.25) is 0 Å². The summed E-state index contributed by atoms with van der Waals surface area (Å²) < 4.78 is 15.4. The molecule has 1 heterocycles. The van der Waals surface area contributed by atoms with E-state index in [1.54, 1.807) is 36.4 Å². The molecule has 0 saturated heterocycles. The zero-order valence-electron chi connectivity index (χ0n) is 16.8. The number of nitro benzene ring substituents is 1. The number of hydrogen-bond donors (Lipinski definition) is 1. The number of furan rings is 1. The number of nitrogens with zero attached hydrogens (tertiary/aromatic N) is 2. The number of hydrazone groups is 1. The highest BCUT2D eigenvalue weighted by atomic mass is 35.5. The molecular weight excluding hydrogens is 454 g/mol. The number of amides is 1. The standard InChI is InChI=1S/C22H16ClN3O7/c23-16-5-9-20(19(12-16)26(29)30)32-14-21(27)25-24-13-15-3-6-18(7-4-15)33-22(28)10-8-17-2-1-11-31-17/h1-13H,14H2,(H,25,27). The second-order valence-electron chi connectivity index (χ2n) is 6.29. The van der Waals surface area contributed by atoms with Crippen LogP contribution in [0.3, 0.4) is 0 Å². The van der Waals surface area contributed by atoms with Gasteiger partial charge in [0.05, 0.1) is 17.4 Å². The lowest BCUT2D eigenvalue weighted by Gasteiger charge is -2.06. The monoisotopic (exact) mass is 469 g/mol. The molecule has 10 nitrogen and oxygen atoms in total. The summed E-state index contributed by atoms with van der Waals surface area (Å²) in [7, 11) is 0. The number of carbonyl (C=O) groups excluding carboxylic acids is 2. The van der Waals surface area contributed by atoms with Gasteiger partial charge in [0.25, 0.3) is 5.91 Å². The van der Waals surface area contributed by atoms with Gasteiger partial charge in [-0.15, -0.1) is 0 Å². The van der Waals surface area contributed by atoms with Crippen LogP contribution < -0.4 is 14.9 Å². The van der Waals surface area contributed by atoms with Gasteiger partial charge in [-0.1, -0.05) is 11.6 Å². The van der Waals surface area contributed by atoms with Crippen LogP contribution in [0, 0.1) is 10.1 Å². The molecule has 0 unspecified atom stereocenters. The smallest absolute Gasteiger partial charge is 0.336 e. The van der Waals surface area contributed by atoms with Gasteiger partial charge in [-0.05, 0) is 60.2 Å². The van der Waals surface area contributed by atoms with Crippen molar-refractivity contribution in [3.8, 4) is 11.5 Å². The first-order valence-corrected chi connectivity index (χ1v) is 9.70. The summed E-state index contributed by atoms with van der Waals surface area (Å²) in [5, 5.41) is 15.0. The zero-order valence-corrected chi connectivity index (χ0v) is 17.6. The first-order chi connectivity index (χ1) is 15.9. The maximum atomic E-state index is 11.9. The fourth-order valence-corrected chi connectivity index (χ4v) is 2.58. The molecule has 0 saturated carbocycles. The van der Waals surface area contributed by atoms with Gasteiger partial charge in [0.15, 0.2) is 12.4 Å². The van der Waals surface area contributed by atoms with E-state index in [0.717, 1.165) is 6.07 Å². The molecule has 1 amide bonds. The molecule has 3 rings (SSSR count). The Morgan fingerprint density at radius 1 is 1.18 bits per heavy atom. The van der Waals surface area contributed by atoms with E-state index in [1.165, 1.54) is 36.8 Å². The molecule has 0 aliphatic heterocycles. The Morgan fingerprint density at radius 3 is 2.67 bits per heavy atom. The maximum absolute atomic E-state index is 11.9. The predicted octanol–water partition coefficient (Wildman–Crippen LogP) is 3.99. The summed E-state index contributed by atoms with van der Waals surface area (Å²) in [6.07, 6.45) is 5.59. The summed E-state index contributed by atoms with van der Waals surface area (Å²) in [6, 6.07) is 13.6. The molecule has 0 aliphatic rings. The molecule has 1 N–H and O–H groups in total. The molecule has 0 radical (unpaired) electrons. The van der Waals surface area contributed by atoms with Gasteiger partial charge in [0, 0.05) is 17.2 Å². The minimum absolute atomic E-state index is 0.0901. The van der Waals surface area contributed by atoms with Crippen molar-refractivity contribution in [2.75, 3.05) is 6.61 Å². The number of hydrogen-bond acceptors (Lipinski definition) is 8. The Labute approximate surface area is 192 Å². The topological polar surface area (TPSA) is 133 Å². The van der Waals surface area contributed by atoms with Crippen molar-refractivity contribution in [1.82, 2.24) is 5.43 Å². The lowest BCUT2D eigenvalue weighted by molar-refractivity contribution is -0.385. The average Bonchev–Trinajstić information content (AvgIpc) is 3.32. The first-order valence-electron chi connectivity index (χ1n) is 9.33. The molecule has 2 aromatic carbocycles. The van der Waals surface area contributed by atoms with E-state index in [4.69, 9.17) is 25.5 Å². The third kappa shape index (κ3) is 7.33. The lowest BCUT2D eigenvalue weighted by Crippen LogP contribution is -2.24. The number of ether oxygens (including phenoxy) is 2.